The lowest BCUT2D eigenvalue weighted by Crippen LogP contribution is -2.19. The Labute approximate surface area is 108 Å². The van der Waals surface area contributed by atoms with Crippen LogP contribution in [0.25, 0.3) is 10.8 Å². The summed E-state index contributed by atoms with van der Waals surface area (Å²) < 4.78 is 0. The Kier molecular flexibility index (Phi) is 2.82. The minimum Gasteiger partial charge on any atom is -0.386 e. The quantitative estimate of drug-likeness (QED) is 0.875. The fraction of sp³-hybridized carbons (Fsp3) is 0.400. The molecule has 0 bridgehead atoms. The summed E-state index contributed by atoms with van der Waals surface area (Å²) in [6, 6.07) is 6.61. The topological polar surface area (TPSA) is 28.2 Å². The van der Waals surface area contributed by atoms with Crippen molar-refractivity contribution in [1.82, 2.24) is 4.98 Å². The van der Waals surface area contributed by atoms with E-state index in [1.165, 1.54) is 29.2 Å². The van der Waals surface area contributed by atoms with Crippen molar-refractivity contribution in [1.29, 1.82) is 0 Å². The van der Waals surface area contributed by atoms with Gasteiger partial charge in [0.2, 0.25) is 0 Å². The van der Waals surface area contributed by atoms with Crippen LogP contribution >= 0.6 is 0 Å². The second-order valence-electron chi connectivity index (χ2n) is 4.99. The van der Waals surface area contributed by atoms with Crippen LogP contribution in [0.2, 0.25) is 0 Å². The molecular formula is C15H19N3. The molecule has 1 N–H and O–H groups in total. The van der Waals surface area contributed by atoms with E-state index in [1.807, 2.05) is 13.2 Å². The number of pyridine rings is 1. The van der Waals surface area contributed by atoms with Crippen LogP contribution in [0.3, 0.4) is 0 Å². The Morgan fingerprint density at radius 2 is 1.94 bits per heavy atom. The molecule has 0 saturated carbocycles. The van der Waals surface area contributed by atoms with E-state index in [9.17, 15) is 0 Å². The van der Waals surface area contributed by atoms with E-state index in [1.54, 1.807) is 0 Å². The lowest BCUT2D eigenvalue weighted by Gasteiger charge is -2.20. The van der Waals surface area contributed by atoms with E-state index in [0.717, 1.165) is 24.6 Å². The average Bonchev–Trinajstić information content (AvgIpc) is 2.91. The molecule has 1 aromatic heterocycles. The van der Waals surface area contributed by atoms with E-state index in [-0.39, 0.29) is 0 Å². The first kappa shape index (κ1) is 11.3. The largest absolute Gasteiger partial charge is 0.386 e. The van der Waals surface area contributed by atoms with Crippen molar-refractivity contribution in [2.45, 2.75) is 19.8 Å². The summed E-state index contributed by atoms with van der Waals surface area (Å²) in [5, 5.41) is 5.77. The third kappa shape index (κ3) is 1.80. The minimum atomic E-state index is 1.11. The van der Waals surface area contributed by atoms with E-state index in [0.29, 0.717) is 0 Å². The van der Waals surface area contributed by atoms with Crippen molar-refractivity contribution >= 4 is 22.3 Å². The Bertz CT molecular complexity index is 571. The van der Waals surface area contributed by atoms with Crippen molar-refractivity contribution in [3.05, 3.63) is 30.0 Å². The second kappa shape index (κ2) is 4.48. The SMILES string of the molecule is CNc1cnc(N2CCCC2)c2ccc(C)cc12. The molecule has 3 heteroatoms. The fourth-order valence-electron chi connectivity index (χ4n) is 2.72. The summed E-state index contributed by atoms with van der Waals surface area (Å²) in [6.45, 7) is 4.40. The molecule has 0 radical (unpaired) electrons. The van der Waals surface area contributed by atoms with Gasteiger partial charge in [0, 0.05) is 30.9 Å². The molecule has 0 amide bonds. The Morgan fingerprint density at radius 3 is 2.67 bits per heavy atom. The van der Waals surface area contributed by atoms with Crippen molar-refractivity contribution in [3.63, 3.8) is 0 Å². The van der Waals surface area contributed by atoms with Crippen molar-refractivity contribution in [3.8, 4) is 0 Å². The van der Waals surface area contributed by atoms with Gasteiger partial charge in [0.1, 0.15) is 5.82 Å². The molecule has 1 fully saturated rings. The third-order valence-corrected chi connectivity index (χ3v) is 3.70. The first-order valence-electron chi connectivity index (χ1n) is 6.61. The van der Waals surface area contributed by atoms with E-state index >= 15 is 0 Å². The lowest BCUT2D eigenvalue weighted by molar-refractivity contribution is 0.946. The molecule has 2 aromatic rings. The number of aryl methyl sites for hydroxylation is 1. The number of rotatable bonds is 2. The zero-order valence-electron chi connectivity index (χ0n) is 11.0. The highest BCUT2D eigenvalue weighted by molar-refractivity contribution is 6.00. The molecule has 1 aromatic carbocycles. The lowest BCUT2D eigenvalue weighted by atomic mass is 10.1. The highest BCUT2D eigenvalue weighted by Gasteiger charge is 2.17. The summed E-state index contributed by atoms with van der Waals surface area (Å²) in [7, 11) is 1.95. The maximum Gasteiger partial charge on any atom is 0.136 e. The number of nitrogens with zero attached hydrogens (tertiary/aromatic N) is 2. The average molecular weight is 241 g/mol. The van der Waals surface area contributed by atoms with E-state index < -0.39 is 0 Å². The molecular weight excluding hydrogens is 222 g/mol. The maximum atomic E-state index is 4.65. The molecule has 1 saturated heterocycles. The highest BCUT2D eigenvalue weighted by Crippen LogP contribution is 2.32. The zero-order chi connectivity index (χ0) is 12.5. The second-order valence-corrected chi connectivity index (χ2v) is 4.99. The molecule has 18 heavy (non-hydrogen) atoms. The Hall–Kier alpha value is -1.77. The molecule has 1 aliphatic rings. The van der Waals surface area contributed by atoms with Gasteiger partial charge >= 0.3 is 0 Å². The van der Waals surface area contributed by atoms with Gasteiger partial charge in [-0.05, 0) is 25.8 Å². The molecule has 3 rings (SSSR count). The van der Waals surface area contributed by atoms with Gasteiger partial charge in [0.25, 0.3) is 0 Å². The van der Waals surface area contributed by atoms with Gasteiger partial charge in [-0.3, -0.25) is 0 Å². The molecule has 0 atom stereocenters. The molecule has 94 valence electrons. The molecule has 0 spiro atoms. The van der Waals surface area contributed by atoms with Crippen molar-refractivity contribution in [2.75, 3.05) is 30.4 Å². The molecule has 0 unspecified atom stereocenters. The number of aromatic nitrogens is 1. The molecule has 0 aliphatic carbocycles. The first-order chi connectivity index (χ1) is 8.79. The first-order valence-corrected chi connectivity index (χ1v) is 6.61. The molecule has 2 heterocycles. The van der Waals surface area contributed by atoms with Gasteiger partial charge in [-0.2, -0.15) is 0 Å². The van der Waals surface area contributed by atoms with Crippen LogP contribution in [0.4, 0.5) is 11.5 Å². The van der Waals surface area contributed by atoms with Gasteiger partial charge < -0.3 is 10.2 Å². The summed E-state index contributed by atoms with van der Waals surface area (Å²) in [5.41, 5.74) is 2.40. The third-order valence-electron chi connectivity index (χ3n) is 3.70. The van der Waals surface area contributed by atoms with Crippen LogP contribution in [-0.2, 0) is 0 Å². The standard InChI is InChI=1S/C15H19N3/c1-11-5-6-12-13(9-11)14(16-2)10-17-15(12)18-7-3-4-8-18/h5-6,9-10,16H,3-4,7-8H2,1-2H3. The number of fused-ring (bicyclic) bond motifs is 1. The predicted octanol–water partition coefficient (Wildman–Crippen LogP) is 3.19. The summed E-state index contributed by atoms with van der Waals surface area (Å²) in [5.74, 6) is 1.14. The summed E-state index contributed by atoms with van der Waals surface area (Å²) >= 11 is 0. The van der Waals surface area contributed by atoms with Crippen LogP contribution in [0.1, 0.15) is 18.4 Å². The highest BCUT2D eigenvalue weighted by atomic mass is 15.2. The van der Waals surface area contributed by atoms with Crippen LogP contribution in [0.15, 0.2) is 24.4 Å². The normalized spacial score (nSPS) is 15.3. The number of anilines is 2. The van der Waals surface area contributed by atoms with Crippen LogP contribution < -0.4 is 10.2 Å². The fourth-order valence-corrected chi connectivity index (χ4v) is 2.72. The Morgan fingerprint density at radius 1 is 1.17 bits per heavy atom. The number of benzene rings is 1. The van der Waals surface area contributed by atoms with E-state index in [4.69, 9.17) is 0 Å². The zero-order valence-corrected chi connectivity index (χ0v) is 11.0. The van der Waals surface area contributed by atoms with Gasteiger partial charge in [-0.25, -0.2) is 4.98 Å². The smallest absolute Gasteiger partial charge is 0.136 e. The number of hydrogen-bond donors (Lipinski definition) is 1. The van der Waals surface area contributed by atoms with Crippen molar-refractivity contribution < 1.29 is 0 Å². The minimum absolute atomic E-state index is 1.11. The van der Waals surface area contributed by atoms with Gasteiger partial charge in [0.15, 0.2) is 0 Å². The predicted molar refractivity (Wildman–Crippen MR) is 77.5 cm³/mol. The Balaban J connectivity index is 2.21. The van der Waals surface area contributed by atoms with Gasteiger partial charge in [-0.15, -0.1) is 0 Å². The summed E-state index contributed by atoms with van der Waals surface area (Å²) in [4.78, 5) is 7.05. The summed E-state index contributed by atoms with van der Waals surface area (Å²) in [6.07, 6.45) is 4.51. The van der Waals surface area contributed by atoms with Crippen LogP contribution in [0, 0.1) is 6.92 Å². The van der Waals surface area contributed by atoms with Crippen LogP contribution in [0.5, 0.6) is 0 Å². The maximum absolute atomic E-state index is 4.65. The monoisotopic (exact) mass is 241 g/mol. The molecule has 1 aliphatic heterocycles. The van der Waals surface area contributed by atoms with Crippen LogP contribution in [-0.4, -0.2) is 25.1 Å². The number of nitrogens with one attached hydrogen (secondary N) is 1. The molecule has 3 nitrogen and oxygen atoms in total. The number of hydrogen-bond acceptors (Lipinski definition) is 3. The van der Waals surface area contributed by atoms with Gasteiger partial charge in [0.05, 0.1) is 11.9 Å². The van der Waals surface area contributed by atoms with Gasteiger partial charge in [-0.1, -0.05) is 17.7 Å². The van der Waals surface area contributed by atoms with E-state index in [2.05, 4.69) is 40.3 Å². The van der Waals surface area contributed by atoms with Crippen molar-refractivity contribution in [2.24, 2.45) is 0 Å².